The molecule has 180 valence electrons. The summed E-state index contributed by atoms with van der Waals surface area (Å²) in [6.45, 7) is 2.29. The summed E-state index contributed by atoms with van der Waals surface area (Å²) in [5.41, 5.74) is 2.61. The van der Waals surface area contributed by atoms with Crippen LogP contribution in [0.2, 0.25) is 0 Å². The zero-order chi connectivity index (χ0) is 24.0. The molecule has 0 amide bonds. The molecule has 2 fully saturated rings. The van der Waals surface area contributed by atoms with Crippen molar-refractivity contribution in [2.75, 3.05) is 29.5 Å². The van der Waals surface area contributed by atoms with E-state index in [0.29, 0.717) is 22.7 Å². The van der Waals surface area contributed by atoms with Gasteiger partial charge in [0.1, 0.15) is 42.0 Å². The first-order valence-corrected chi connectivity index (χ1v) is 12.8. The van der Waals surface area contributed by atoms with E-state index in [4.69, 9.17) is 14.2 Å². The summed E-state index contributed by atoms with van der Waals surface area (Å²) in [6, 6.07) is 7.78. The number of benzene rings is 2. The number of ether oxygens (including phenoxy) is 3. The van der Waals surface area contributed by atoms with Gasteiger partial charge in [-0.1, -0.05) is 0 Å². The van der Waals surface area contributed by atoms with E-state index < -0.39 is 39.9 Å². The Balaban J connectivity index is 1.46. The minimum Gasteiger partial charge on any atom is -0.483 e. The second-order valence-electron chi connectivity index (χ2n) is 8.60. The fourth-order valence-electron chi connectivity index (χ4n) is 4.33. The maximum absolute atomic E-state index is 14.1. The van der Waals surface area contributed by atoms with Crippen LogP contribution in [0.15, 0.2) is 36.7 Å². The highest BCUT2D eigenvalue weighted by molar-refractivity contribution is 8.00. The van der Waals surface area contributed by atoms with E-state index >= 15 is 0 Å². The topological polar surface area (TPSA) is 115 Å². The van der Waals surface area contributed by atoms with Crippen molar-refractivity contribution < 1.29 is 27.9 Å². The number of hydrogen-bond acceptors (Lipinski definition) is 8. The highest BCUT2D eigenvalue weighted by atomic mass is 32.2. The Morgan fingerprint density at radius 1 is 1.21 bits per heavy atom. The lowest BCUT2D eigenvalue weighted by Crippen LogP contribution is -2.34. The number of aliphatic hydroxyl groups is 1. The monoisotopic (exact) mass is 488 g/mol. The van der Waals surface area contributed by atoms with Crippen LogP contribution < -0.4 is 14.8 Å². The molecule has 0 spiro atoms. The number of fused-ring (bicyclic) bond motifs is 2. The number of halogens is 1. The van der Waals surface area contributed by atoms with Crippen molar-refractivity contribution in [3.63, 3.8) is 0 Å². The predicted octanol–water partition coefficient (Wildman–Crippen LogP) is 2.40. The molecule has 5 unspecified atom stereocenters. The van der Waals surface area contributed by atoms with Crippen molar-refractivity contribution in [1.29, 1.82) is 0 Å². The second-order valence-corrected chi connectivity index (χ2v) is 10.8. The number of aromatic nitrogens is 2. The Hall–Kier alpha value is -2.99. The molecule has 34 heavy (non-hydrogen) atoms. The van der Waals surface area contributed by atoms with Crippen molar-refractivity contribution in [1.82, 2.24) is 9.97 Å². The van der Waals surface area contributed by atoms with Gasteiger partial charge < -0.3 is 29.4 Å². The van der Waals surface area contributed by atoms with Gasteiger partial charge in [-0.15, -0.1) is 0 Å². The van der Waals surface area contributed by atoms with Gasteiger partial charge in [0, 0.05) is 33.1 Å². The maximum atomic E-state index is 14.1. The van der Waals surface area contributed by atoms with Crippen LogP contribution in [-0.4, -0.2) is 69.0 Å². The third-order valence-electron chi connectivity index (χ3n) is 5.73. The van der Waals surface area contributed by atoms with Gasteiger partial charge in [-0.25, -0.2) is 18.6 Å². The summed E-state index contributed by atoms with van der Waals surface area (Å²) in [7, 11) is -2.45. The molecule has 9 nitrogen and oxygen atoms in total. The molecule has 0 aliphatic carbocycles. The lowest BCUT2D eigenvalue weighted by Gasteiger charge is -2.21. The number of nitrogens with one attached hydrogen (secondary N) is 2. The summed E-state index contributed by atoms with van der Waals surface area (Å²) in [6.07, 6.45) is 0.846. The van der Waals surface area contributed by atoms with Gasteiger partial charge in [0.05, 0.1) is 24.4 Å². The quantitative estimate of drug-likeness (QED) is 0.453. The van der Waals surface area contributed by atoms with Crippen molar-refractivity contribution in [3.05, 3.63) is 48.0 Å². The molecule has 3 heterocycles. The van der Waals surface area contributed by atoms with Gasteiger partial charge in [0.15, 0.2) is 6.10 Å². The van der Waals surface area contributed by atoms with Gasteiger partial charge in [-0.05, 0) is 42.6 Å². The van der Waals surface area contributed by atoms with Crippen molar-refractivity contribution in [2.45, 2.75) is 31.3 Å². The van der Waals surface area contributed by atoms with Gasteiger partial charge in [-0.2, -0.15) is 0 Å². The van der Waals surface area contributed by atoms with Crippen LogP contribution in [0.1, 0.15) is 5.56 Å². The third-order valence-corrected chi connectivity index (χ3v) is 6.39. The molecule has 0 bridgehead atoms. The van der Waals surface area contributed by atoms with Crippen LogP contribution in [0.3, 0.4) is 0 Å². The molecule has 5 rings (SSSR count). The molecule has 0 radical (unpaired) electrons. The number of aryl methyl sites for hydroxylation is 1. The highest BCUT2D eigenvalue weighted by Gasteiger charge is 2.48. The zero-order valence-electron chi connectivity index (χ0n) is 18.7. The smallest absolute Gasteiger partial charge is 0.151 e. The van der Waals surface area contributed by atoms with Gasteiger partial charge in [0.25, 0.3) is 0 Å². The van der Waals surface area contributed by atoms with Crippen LogP contribution in [0.5, 0.6) is 5.75 Å². The average molecular weight is 489 g/mol. The zero-order valence-corrected chi connectivity index (χ0v) is 19.5. The molecule has 2 aliphatic rings. The fourth-order valence-corrected chi connectivity index (χ4v) is 4.94. The molecule has 3 aromatic rings. The lowest BCUT2D eigenvalue weighted by molar-refractivity contribution is 0.00871. The van der Waals surface area contributed by atoms with Crippen LogP contribution in [0, 0.1) is 12.7 Å². The summed E-state index contributed by atoms with van der Waals surface area (Å²) in [5.74, 6) is 3.94. The molecule has 11 heteroatoms. The largest absolute Gasteiger partial charge is 0.483 e. The summed E-state index contributed by atoms with van der Waals surface area (Å²) in [4.78, 5) is 8.73. The fraction of sp³-hybridized carbons (Fsp3) is 0.348. The van der Waals surface area contributed by atoms with Crippen LogP contribution in [0.4, 0.5) is 21.6 Å². The van der Waals surface area contributed by atoms with E-state index in [-0.39, 0.29) is 19.0 Å². The number of hydrogen-bond donors (Lipinski definition) is 3. The number of anilines is 3. The van der Waals surface area contributed by atoms with E-state index in [1.165, 1.54) is 24.7 Å². The van der Waals surface area contributed by atoms with Gasteiger partial charge >= 0.3 is 0 Å². The number of rotatable bonds is 6. The third kappa shape index (κ3) is 4.51. The summed E-state index contributed by atoms with van der Waals surface area (Å²) >= 11 is 0. The number of aliphatic hydroxyl groups excluding tert-OH is 1. The number of nitrogens with zero attached hydrogens (tertiary/aromatic N) is 2. The molecular weight excluding hydrogens is 463 g/mol. The van der Waals surface area contributed by atoms with E-state index in [2.05, 4.69) is 25.9 Å². The van der Waals surface area contributed by atoms with E-state index in [9.17, 15) is 13.7 Å². The second kappa shape index (κ2) is 8.66. The molecule has 2 aliphatic heterocycles. The minimum absolute atomic E-state index is 0.174. The van der Waals surface area contributed by atoms with E-state index in [0.717, 1.165) is 10.9 Å². The first-order chi connectivity index (χ1) is 16.2. The lowest BCUT2D eigenvalue weighted by atomic mass is 10.1. The molecule has 5 atom stereocenters. The van der Waals surface area contributed by atoms with Crippen molar-refractivity contribution >= 4 is 43.7 Å². The average Bonchev–Trinajstić information content (AvgIpc) is 3.32. The molecular formula is C23H25FN4O5S. The van der Waals surface area contributed by atoms with Crippen LogP contribution >= 0.6 is 0 Å². The Bertz CT molecular complexity index is 1350. The maximum Gasteiger partial charge on any atom is 0.151 e. The van der Waals surface area contributed by atoms with Gasteiger partial charge in [0.2, 0.25) is 0 Å². The molecule has 0 saturated carbocycles. The molecule has 3 N–H and O–H groups in total. The highest BCUT2D eigenvalue weighted by Crippen LogP contribution is 2.36. The summed E-state index contributed by atoms with van der Waals surface area (Å²) < 4.78 is 46.4. The Morgan fingerprint density at radius 2 is 2.00 bits per heavy atom. The first kappa shape index (κ1) is 22.8. The standard InChI is InChI=1S/C23H25FN4O5S/c1-12-6-14(28-34(2,3)30)8-16-20(12)23(26-11-25-16)27-15-5-4-13(24)7-18(15)33-19-10-32-21-17(29)9-31-22(19)21/h4-8,11,17,19,21-22,29H,2,9-10H2,1,3H3,(H,28,30)(H,25,26,27). The van der Waals surface area contributed by atoms with E-state index in [1.807, 2.05) is 13.0 Å². The summed E-state index contributed by atoms with van der Waals surface area (Å²) in [5, 5.41) is 14.0. The van der Waals surface area contributed by atoms with Crippen LogP contribution in [0.25, 0.3) is 10.9 Å². The van der Waals surface area contributed by atoms with Crippen molar-refractivity contribution in [2.24, 2.45) is 0 Å². The van der Waals surface area contributed by atoms with Gasteiger partial charge in [-0.3, -0.25) is 0 Å². The molecule has 2 aromatic carbocycles. The van der Waals surface area contributed by atoms with Crippen LogP contribution in [-0.2, 0) is 19.2 Å². The normalized spacial score (nSPS) is 25.6. The SMILES string of the molecule is C=S(C)(=O)Nc1cc(C)c2c(Nc3ccc(F)cc3OC3COC4C(O)COC34)ncnc2c1. The Morgan fingerprint density at radius 3 is 2.79 bits per heavy atom. The predicted molar refractivity (Wildman–Crippen MR) is 129 cm³/mol. The van der Waals surface area contributed by atoms with E-state index in [1.54, 1.807) is 12.1 Å². The molecule has 2 saturated heterocycles. The molecule has 1 aromatic heterocycles. The first-order valence-electron chi connectivity index (χ1n) is 10.7. The van der Waals surface area contributed by atoms with Crippen molar-refractivity contribution in [3.8, 4) is 5.75 Å². The Labute approximate surface area is 196 Å². The Kier molecular flexibility index (Phi) is 5.80. The minimum atomic E-state index is -2.45.